The van der Waals surface area contributed by atoms with E-state index < -0.39 is 55.2 Å². The normalized spacial score (nSPS) is 18.5. The van der Waals surface area contributed by atoms with Gasteiger partial charge >= 0.3 is 24.1 Å². The average molecular weight is 646 g/mol. The first-order valence-corrected chi connectivity index (χ1v) is 14.5. The number of hydrogen-bond donors (Lipinski definition) is 2. The molecule has 14 heteroatoms. The van der Waals surface area contributed by atoms with Gasteiger partial charge in [0.1, 0.15) is 31.7 Å². The number of nitrogens with one attached hydrogen (secondary N) is 1. The fraction of sp³-hybridized carbons (Fsp3) is 0.242. The first kappa shape index (κ1) is 32.7. The van der Waals surface area contributed by atoms with Gasteiger partial charge in [-0.25, -0.2) is 19.2 Å². The molecule has 1 aliphatic heterocycles. The van der Waals surface area contributed by atoms with Gasteiger partial charge < -0.3 is 33.5 Å². The summed E-state index contributed by atoms with van der Waals surface area (Å²) in [5.74, 6) is -0.127. The van der Waals surface area contributed by atoms with E-state index in [1.54, 1.807) is 84.9 Å². The summed E-state index contributed by atoms with van der Waals surface area (Å²) in [7, 11) is 0. The van der Waals surface area contributed by atoms with Gasteiger partial charge in [0, 0.05) is 6.20 Å². The maximum absolute atomic E-state index is 13.1. The van der Waals surface area contributed by atoms with Crippen LogP contribution in [0.15, 0.2) is 108 Å². The van der Waals surface area contributed by atoms with Gasteiger partial charge in [-0.1, -0.05) is 91.0 Å². The van der Waals surface area contributed by atoms with E-state index >= 15 is 0 Å². The van der Waals surface area contributed by atoms with E-state index in [1.165, 1.54) is 12.3 Å². The van der Waals surface area contributed by atoms with Crippen molar-refractivity contribution in [3.8, 4) is 0 Å². The Morgan fingerprint density at radius 2 is 1.21 bits per heavy atom. The summed E-state index contributed by atoms with van der Waals surface area (Å²) in [6, 6.07) is 27.9. The molecule has 0 saturated carbocycles. The quantitative estimate of drug-likeness (QED) is 0.175. The zero-order valence-electron chi connectivity index (χ0n) is 24.9. The maximum Gasteiger partial charge on any atom is 0.509 e. The molecule has 244 valence electrons. The summed E-state index contributed by atoms with van der Waals surface area (Å²) in [6.07, 6.45) is -7.49. The van der Waals surface area contributed by atoms with Crippen LogP contribution in [0.2, 0.25) is 0 Å². The van der Waals surface area contributed by atoms with Crippen molar-refractivity contribution < 1.29 is 47.9 Å². The highest BCUT2D eigenvalue weighted by molar-refractivity contribution is 5.83. The zero-order chi connectivity index (χ0) is 33.0. The number of nitrogens with zero attached hydrogens (tertiary/aromatic N) is 2. The Hall–Kier alpha value is -5.73. The van der Waals surface area contributed by atoms with Gasteiger partial charge in [-0.05, 0) is 22.8 Å². The number of amides is 1. The third-order valence-electron chi connectivity index (χ3n) is 6.88. The molecular weight excluding hydrogens is 614 g/mol. The van der Waals surface area contributed by atoms with Crippen LogP contribution in [-0.4, -0.2) is 58.0 Å². The van der Waals surface area contributed by atoms with Gasteiger partial charge in [-0.2, -0.15) is 4.98 Å². The van der Waals surface area contributed by atoms with Crippen molar-refractivity contribution in [1.82, 2.24) is 9.55 Å². The smallest absolute Gasteiger partial charge is 0.444 e. The SMILES string of the molecule is O=C(Nc1ccn([C@@H]2O[C@H](CO)[C@@H](OC(=O)OCc3ccccc3)[C@@H]2OC(=O)OCc2ccccc2)c(=O)n1)OCc1ccccc1. The molecule has 1 amide bonds. The monoisotopic (exact) mass is 645 g/mol. The summed E-state index contributed by atoms with van der Waals surface area (Å²) in [6.45, 7) is -0.928. The van der Waals surface area contributed by atoms with E-state index in [2.05, 4.69) is 10.3 Å². The third-order valence-corrected chi connectivity index (χ3v) is 6.88. The molecule has 1 saturated heterocycles. The minimum atomic E-state index is -1.49. The van der Waals surface area contributed by atoms with Crippen LogP contribution in [0.4, 0.5) is 20.2 Å². The summed E-state index contributed by atoms with van der Waals surface area (Å²) < 4.78 is 33.4. The number of hydrogen-bond acceptors (Lipinski definition) is 12. The molecule has 4 atom stereocenters. The summed E-state index contributed by atoms with van der Waals surface area (Å²) >= 11 is 0. The lowest BCUT2D eigenvalue weighted by atomic mass is 10.1. The molecule has 2 heterocycles. The molecule has 14 nitrogen and oxygen atoms in total. The van der Waals surface area contributed by atoms with Crippen molar-refractivity contribution in [3.05, 3.63) is 130 Å². The number of aliphatic hydroxyl groups excluding tert-OH is 1. The van der Waals surface area contributed by atoms with E-state index in [4.69, 9.17) is 28.4 Å². The lowest BCUT2D eigenvalue weighted by Gasteiger charge is -2.24. The topological polar surface area (TPSA) is 174 Å². The predicted octanol–water partition coefficient (Wildman–Crippen LogP) is 4.33. The lowest BCUT2D eigenvalue weighted by molar-refractivity contribution is -0.0685. The highest BCUT2D eigenvalue weighted by Crippen LogP contribution is 2.34. The van der Waals surface area contributed by atoms with Crippen molar-refractivity contribution in [2.24, 2.45) is 0 Å². The van der Waals surface area contributed by atoms with Crippen LogP contribution in [0.25, 0.3) is 0 Å². The van der Waals surface area contributed by atoms with Crippen molar-refractivity contribution in [3.63, 3.8) is 0 Å². The molecule has 2 N–H and O–H groups in total. The predicted molar refractivity (Wildman–Crippen MR) is 163 cm³/mol. The van der Waals surface area contributed by atoms with Gasteiger partial charge in [0.05, 0.1) is 6.61 Å². The van der Waals surface area contributed by atoms with Crippen LogP contribution in [-0.2, 0) is 48.2 Å². The van der Waals surface area contributed by atoms with Crippen molar-refractivity contribution >= 4 is 24.2 Å². The zero-order valence-corrected chi connectivity index (χ0v) is 24.9. The number of rotatable bonds is 11. The van der Waals surface area contributed by atoms with Crippen LogP contribution < -0.4 is 11.0 Å². The number of aliphatic hydroxyl groups is 1. The van der Waals surface area contributed by atoms with Crippen molar-refractivity contribution in [1.29, 1.82) is 0 Å². The second kappa shape index (κ2) is 16.0. The number of carbonyl (C=O) groups is 3. The Morgan fingerprint density at radius 3 is 1.70 bits per heavy atom. The van der Waals surface area contributed by atoms with Crippen LogP contribution >= 0.6 is 0 Å². The highest BCUT2D eigenvalue weighted by atomic mass is 16.8. The molecular formula is C33H31N3O11. The summed E-state index contributed by atoms with van der Waals surface area (Å²) in [5.41, 5.74) is 1.21. The molecule has 47 heavy (non-hydrogen) atoms. The minimum Gasteiger partial charge on any atom is -0.444 e. The molecule has 3 aromatic carbocycles. The number of anilines is 1. The molecule has 5 rings (SSSR count). The van der Waals surface area contributed by atoms with Crippen molar-refractivity contribution in [2.45, 2.75) is 44.4 Å². The Morgan fingerprint density at radius 1 is 0.723 bits per heavy atom. The molecule has 0 bridgehead atoms. The fourth-order valence-electron chi connectivity index (χ4n) is 4.61. The number of aromatic nitrogens is 2. The van der Waals surface area contributed by atoms with E-state index in [0.29, 0.717) is 11.1 Å². The first-order valence-electron chi connectivity index (χ1n) is 14.5. The molecule has 0 unspecified atom stereocenters. The molecule has 1 aliphatic rings. The fourth-order valence-corrected chi connectivity index (χ4v) is 4.61. The average Bonchev–Trinajstić information content (AvgIpc) is 3.42. The summed E-state index contributed by atoms with van der Waals surface area (Å²) in [4.78, 5) is 54.8. The van der Waals surface area contributed by atoms with E-state index in [9.17, 15) is 24.3 Å². The Balaban J connectivity index is 1.30. The second-order valence-corrected chi connectivity index (χ2v) is 10.2. The van der Waals surface area contributed by atoms with Crippen molar-refractivity contribution in [2.75, 3.05) is 11.9 Å². The number of benzene rings is 3. The summed E-state index contributed by atoms with van der Waals surface area (Å²) in [5, 5.41) is 12.4. The minimum absolute atomic E-state index is 0.00321. The van der Waals surface area contributed by atoms with E-state index in [1.807, 2.05) is 6.07 Å². The highest BCUT2D eigenvalue weighted by Gasteiger charge is 2.51. The molecule has 0 spiro atoms. The van der Waals surface area contributed by atoms with Gasteiger partial charge in [-0.3, -0.25) is 9.88 Å². The van der Waals surface area contributed by atoms with Crippen LogP contribution in [0, 0.1) is 0 Å². The molecule has 0 aliphatic carbocycles. The van der Waals surface area contributed by atoms with E-state index in [-0.39, 0.29) is 25.6 Å². The molecule has 4 aromatic rings. The van der Waals surface area contributed by atoms with Gasteiger partial charge in [-0.15, -0.1) is 0 Å². The van der Waals surface area contributed by atoms with Gasteiger partial charge in [0.2, 0.25) is 0 Å². The molecule has 0 radical (unpaired) electrons. The number of carbonyl (C=O) groups excluding carboxylic acids is 3. The Bertz CT molecular complexity index is 1690. The second-order valence-electron chi connectivity index (χ2n) is 10.2. The number of ether oxygens (including phenoxy) is 6. The largest absolute Gasteiger partial charge is 0.509 e. The van der Waals surface area contributed by atoms with Gasteiger partial charge in [0.15, 0.2) is 18.4 Å². The third kappa shape index (κ3) is 9.15. The standard InChI is InChI=1S/C33H31N3O11/c37-18-25-27(46-32(40)43-20-23-12-6-2-7-13-23)28(47-33(41)44-21-24-14-8-3-9-15-24)29(45-25)36-17-16-26(34-30(36)38)35-31(39)42-19-22-10-4-1-5-11-22/h1-17,25,27-29,37H,18-21H2,(H,34,35,38,39)/t25-,27-,28+,29-/m1/s1. The lowest BCUT2D eigenvalue weighted by Crippen LogP contribution is -2.42. The molecule has 1 aromatic heterocycles. The van der Waals surface area contributed by atoms with Crippen LogP contribution in [0.3, 0.4) is 0 Å². The maximum atomic E-state index is 13.1. The Labute approximate surface area is 268 Å². The first-order chi connectivity index (χ1) is 22.9. The van der Waals surface area contributed by atoms with Crippen LogP contribution in [0.5, 0.6) is 0 Å². The van der Waals surface area contributed by atoms with Crippen LogP contribution in [0.1, 0.15) is 22.9 Å². The Kier molecular flexibility index (Phi) is 11.1. The van der Waals surface area contributed by atoms with E-state index in [0.717, 1.165) is 10.1 Å². The molecule has 1 fully saturated rings. The van der Waals surface area contributed by atoms with Gasteiger partial charge in [0.25, 0.3) is 0 Å².